The van der Waals surface area contributed by atoms with Crippen LogP contribution in [0.25, 0.3) is 0 Å². The molecule has 2 heterocycles. The summed E-state index contributed by atoms with van der Waals surface area (Å²) >= 11 is 5.88. The van der Waals surface area contributed by atoms with Crippen molar-refractivity contribution < 1.29 is 14.4 Å². The molecule has 134 valence electrons. The molecule has 1 atom stereocenters. The Morgan fingerprint density at radius 3 is 2.28 bits per heavy atom. The highest BCUT2D eigenvalue weighted by Crippen LogP contribution is 2.23. The van der Waals surface area contributed by atoms with E-state index >= 15 is 0 Å². The van der Waals surface area contributed by atoms with Crippen LogP contribution in [-0.2, 0) is 9.59 Å². The molecule has 25 heavy (non-hydrogen) atoms. The fourth-order valence-corrected chi connectivity index (χ4v) is 3.29. The topological polar surface area (TPSA) is 73.0 Å². The van der Waals surface area contributed by atoms with Gasteiger partial charge in [-0.2, -0.15) is 0 Å². The van der Waals surface area contributed by atoms with Crippen LogP contribution in [0.3, 0.4) is 0 Å². The van der Waals surface area contributed by atoms with Gasteiger partial charge in [0.05, 0.1) is 6.04 Å². The van der Waals surface area contributed by atoms with Crippen LogP contribution >= 0.6 is 11.6 Å². The zero-order valence-corrected chi connectivity index (χ0v) is 14.8. The van der Waals surface area contributed by atoms with Gasteiger partial charge in [0, 0.05) is 56.8 Å². The van der Waals surface area contributed by atoms with Crippen LogP contribution in [0.4, 0.5) is 10.5 Å². The van der Waals surface area contributed by atoms with Gasteiger partial charge in [-0.25, -0.2) is 4.79 Å². The number of urea groups is 1. The Morgan fingerprint density at radius 1 is 1.08 bits per heavy atom. The lowest BCUT2D eigenvalue weighted by Gasteiger charge is -2.34. The maximum absolute atomic E-state index is 12.4. The third-order valence-electron chi connectivity index (χ3n) is 4.60. The second-order valence-corrected chi connectivity index (χ2v) is 6.76. The summed E-state index contributed by atoms with van der Waals surface area (Å²) in [4.78, 5) is 41.0. The minimum absolute atomic E-state index is 0.0194. The van der Waals surface area contributed by atoms with Gasteiger partial charge in [-0.15, -0.1) is 0 Å². The Hall–Kier alpha value is -2.28. The Bertz CT molecular complexity index is 671. The summed E-state index contributed by atoms with van der Waals surface area (Å²) in [7, 11) is 0. The normalized spacial score (nSPS) is 20.8. The molecule has 2 aliphatic heterocycles. The highest BCUT2D eigenvalue weighted by atomic mass is 35.5. The number of piperazine rings is 1. The van der Waals surface area contributed by atoms with Crippen molar-refractivity contribution in [3.63, 3.8) is 0 Å². The molecule has 1 aromatic rings. The van der Waals surface area contributed by atoms with E-state index in [0.29, 0.717) is 37.7 Å². The maximum atomic E-state index is 12.4. The van der Waals surface area contributed by atoms with Gasteiger partial charge in [0.1, 0.15) is 0 Å². The average Bonchev–Trinajstić information content (AvgIpc) is 2.96. The number of rotatable bonds is 2. The van der Waals surface area contributed by atoms with Gasteiger partial charge in [0.15, 0.2) is 0 Å². The number of hydrogen-bond acceptors (Lipinski definition) is 3. The fourth-order valence-electron chi connectivity index (χ4n) is 3.17. The zero-order chi connectivity index (χ0) is 18.0. The monoisotopic (exact) mass is 364 g/mol. The molecular formula is C17H21ClN4O3. The Balaban J connectivity index is 1.54. The molecule has 4 amide bonds. The molecule has 2 aliphatic rings. The van der Waals surface area contributed by atoms with Crippen molar-refractivity contribution in [3.8, 4) is 0 Å². The Kier molecular flexibility index (Phi) is 5.13. The summed E-state index contributed by atoms with van der Waals surface area (Å²) in [6.45, 7) is 4.08. The minimum Gasteiger partial charge on any atom is -0.339 e. The van der Waals surface area contributed by atoms with Crippen molar-refractivity contribution in [1.82, 2.24) is 15.1 Å². The van der Waals surface area contributed by atoms with Gasteiger partial charge in [-0.1, -0.05) is 11.6 Å². The van der Waals surface area contributed by atoms with Crippen LogP contribution in [0.2, 0.25) is 5.02 Å². The summed E-state index contributed by atoms with van der Waals surface area (Å²) in [5.41, 5.74) is 0.779. The molecule has 0 bridgehead atoms. The quantitative estimate of drug-likeness (QED) is 0.860. The molecule has 0 aliphatic carbocycles. The number of nitrogens with one attached hydrogen (secondary N) is 1. The van der Waals surface area contributed by atoms with Crippen LogP contribution in [0.1, 0.15) is 13.3 Å². The molecule has 2 saturated heterocycles. The second-order valence-electron chi connectivity index (χ2n) is 6.32. The lowest BCUT2D eigenvalue weighted by Crippen LogP contribution is -2.54. The minimum atomic E-state index is -0.221. The summed E-state index contributed by atoms with van der Waals surface area (Å²) in [6, 6.07) is 6.67. The van der Waals surface area contributed by atoms with Crippen molar-refractivity contribution in [2.45, 2.75) is 19.4 Å². The highest BCUT2D eigenvalue weighted by Gasteiger charge is 2.33. The zero-order valence-electron chi connectivity index (χ0n) is 14.1. The first kappa shape index (κ1) is 17.5. The number of hydrogen-bond donors (Lipinski definition) is 1. The van der Waals surface area contributed by atoms with Crippen molar-refractivity contribution in [2.75, 3.05) is 37.6 Å². The van der Waals surface area contributed by atoms with Crippen LogP contribution in [0.15, 0.2) is 24.3 Å². The van der Waals surface area contributed by atoms with Crippen LogP contribution < -0.4 is 10.2 Å². The average molecular weight is 365 g/mol. The maximum Gasteiger partial charge on any atom is 0.317 e. The van der Waals surface area contributed by atoms with E-state index in [1.54, 1.807) is 39.0 Å². The molecule has 7 nitrogen and oxygen atoms in total. The molecule has 1 unspecified atom stereocenters. The molecular weight excluding hydrogens is 344 g/mol. The summed E-state index contributed by atoms with van der Waals surface area (Å²) in [6.07, 6.45) is 0.280. The van der Waals surface area contributed by atoms with Crippen LogP contribution in [-0.4, -0.2) is 66.4 Å². The Morgan fingerprint density at radius 2 is 1.68 bits per heavy atom. The Labute approximate surface area is 151 Å². The van der Waals surface area contributed by atoms with Gasteiger partial charge in [0.2, 0.25) is 11.8 Å². The van der Waals surface area contributed by atoms with E-state index in [2.05, 4.69) is 5.32 Å². The predicted octanol–water partition coefficient (Wildman–Crippen LogP) is 1.32. The predicted molar refractivity (Wildman–Crippen MR) is 94.6 cm³/mol. The molecule has 8 heteroatoms. The summed E-state index contributed by atoms with van der Waals surface area (Å²) in [5.74, 6) is 0.00840. The van der Waals surface area contributed by atoms with E-state index in [-0.39, 0.29) is 30.3 Å². The number of benzene rings is 1. The van der Waals surface area contributed by atoms with Gasteiger partial charge in [-0.05, 0) is 24.3 Å². The van der Waals surface area contributed by atoms with E-state index in [9.17, 15) is 14.4 Å². The largest absolute Gasteiger partial charge is 0.339 e. The first-order chi connectivity index (χ1) is 11.9. The number of amides is 4. The third kappa shape index (κ3) is 4.04. The molecule has 0 radical (unpaired) electrons. The van der Waals surface area contributed by atoms with Gasteiger partial charge >= 0.3 is 6.03 Å². The number of anilines is 1. The van der Waals surface area contributed by atoms with E-state index in [0.717, 1.165) is 5.69 Å². The number of halogens is 1. The van der Waals surface area contributed by atoms with Crippen LogP contribution in [0, 0.1) is 0 Å². The van der Waals surface area contributed by atoms with Gasteiger partial charge in [-0.3, -0.25) is 9.59 Å². The molecule has 0 saturated carbocycles. The third-order valence-corrected chi connectivity index (χ3v) is 4.86. The summed E-state index contributed by atoms with van der Waals surface area (Å²) in [5, 5.41) is 3.54. The van der Waals surface area contributed by atoms with Crippen molar-refractivity contribution in [2.24, 2.45) is 0 Å². The molecule has 3 rings (SSSR count). The fraction of sp³-hybridized carbons (Fsp3) is 0.471. The lowest BCUT2D eigenvalue weighted by molar-refractivity contribution is -0.130. The van der Waals surface area contributed by atoms with Gasteiger partial charge < -0.3 is 20.0 Å². The van der Waals surface area contributed by atoms with E-state index < -0.39 is 0 Å². The highest BCUT2D eigenvalue weighted by molar-refractivity contribution is 6.30. The van der Waals surface area contributed by atoms with Crippen molar-refractivity contribution >= 4 is 35.1 Å². The first-order valence-electron chi connectivity index (χ1n) is 8.31. The van der Waals surface area contributed by atoms with Crippen molar-refractivity contribution in [1.29, 1.82) is 0 Å². The van der Waals surface area contributed by atoms with E-state index in [4.69, 9.17) is 11.6 Å². The SMILES string of the molecule is CC(=O)N1CCN(C(=O)NC2CC(=O)N(c3ccc(Cl)cc3)C2)CC1. The smallest absolute Gasteiger partial charge is 0.317 e. The van der Waals surface area contributed by atoms with Crippen LogP contribution in [0.5, 0.6) is 0 Å². The van der Waals surface area contributed by atoms with E-state index in [1.165, 1.54) is 6.92 Å². The molecule has 0 spiro atoms. The second kappa shape index (κ2) is 7.31. The van der Waals surface area contributed by atoms with Crippen molar-refractivity contribution in [3.05, 3.63) is 29.3 Å². The molecule has 2 fully saturated rings. The number of carbonyl (C=O) groups excluding carboxylic acids is 3. The summed E-state index contributed by atoms with van der Waals surface area (Å²) < 4.78 is 0. The van der Waals surface area contributed by atoms with Gasteiger partial charge in [0.25, 0.3) is 0 Å². The lowest BCUT2D eigenvalue weighted by atomic mass is 10.2. The standard InChI is InChI=1S/C17H21ClN4O3/c1-12(23)20-6-8-21(9-7-20)17(25)19-14-10-16(24)22(11-14)15-4-2-13(18)3-5-15/h2-5,14H,6-11H2,1H3,(H,19,25). The van der Waals surface area contributed by atoms with E-state index in [1.807, 2.05) is 0 Å². The molecule has 1 N–H and O–H groups in total. The molecule has 0 aromatic heterocycles. The molecule has 1 aromatic carbocycles. The number of carbonyl (C=O) groups is 3. The first-order valence-corrected chi connectivity index (χ1v) is 8.68. The number of nitrogens with zero attached hydrogens (tertiary/aromatic N) is 3.